The number of ketones is 4. The lowest BCUT2D eigenvalue weighted by atomic mass is 10.1. The van der Waals surface area contributed by atoms with E-state index in [1.165, 1.54) is 49.2 Å². The van der Waals surface area contributed by atoms with Gasteiger partial charge in [0.25, 0.3) is 0 Å². The van der Waals surface area contributed by atoms with Gasteiger partial charge in [0.05, 0.1) is 74.1 Å². The van der Waals surface area contributed by atoms with Gasteiger partial charge in [-0.1, -0.05) is 42.8 Å². The van der Waals surface area contributed by atoms with Crippen LogP contribution in [0.3, 0.4) is 0 Å². The number of halogens is 3. The van der Waals surface area contributed by atoms with Crippen molar-refractivity contribution >= 4 is 34.7 Å². The second-order valence-corrected chi connectivity index (χ2v) is 22.6. The van der Waals surface area contributed by atoms with E-state index in [0.717, 1.165) is 40.6 Å². The average molecular weight is 1350 g/mol. The van der Waals surface area contributed by atoms with E-state index in [0.29, 0.717) is 91.5 Å². The third kappa shape index (κ3) is 23.0. The molecule has 12 aromatic heterocycles. The number of hydrogen-bond donors (Lipinski definition) is 0. The average Bonchev–Trinajstić information content (AvgIpc) is 0.873. The summed E-state index contributed by atoms with van der Waals surface area (Å²) in [5.74, 6) is 1.84. The van der Waals surface area contributed by atoms with Crippen LogP contribution in [-0.4, -0.2) is 87.9 Å². The first kappa shape index (κ1) is 71.1. The van der Waals surface area contributed by atoms with E-state index in [2.05, 4.69) is 64.8 Å². The van der Waals surface area contributed by atoms with Crippen LogP contribution in [-0.2, 0) is 32.1 Å². The van der Waals surface area contributed by atoms with Crippen molar-refractivity contribution in [2.45, 2.75) is 80.6 Å². The van der Waals surface area contributed by atoms with E-state index in [9.17, 15) is 28.0 Å². The van der Waals surface area contributed by atoms with Crippen LogP contribution in [0.25, 0.3) is 0 Å². The molecular weight excluding hydrogens is 1280 g/mol. The first-order valence-corrected chi connectivity index (χ1v) is 31.1. The molecule has 0 fully saturated rings. The predicted molar refractivity (Wildman–Crippen MR) is 364 cm³/mol. The maximum Gasteiger partial charge on any atom is 0.187 e. The lowest BCUT2D eigenvalue weighted by Gasteiger charge is -2.09. The number of nitrogens with zero attached hydrogens (tertiary/aromatic N) is 13. The van der Waals surface area contributed by atoms with Gasteiger partial charge in [-0.15, -0.1) is 0 Å². The molecule has 12 heterocycles. The van der Waals surface area contributed by atoms with E-state index in [1.807, 2.05) is 88.4 Å². The monoisotopic (exact) mass is 1350 g/mol. The zero-order valence-corrected chi connectivity index (χ0v) is 55.6. The van der Waals surface area contributed by atoms with E-state index < -0.39 is 11.6 Å². The third-order valence-electron chi connectivity index (χ3n) is 13.6. The number of hydrogen-bond acceptors (Lipinski definition) is 21. The van der Waals surface area contributed by atoms with Gasteiger partial charge in [0, 0.05) is 143 Å². The van der Waals surface area contributed by atoms with Crippen LogP contribution in [0, 0.1) is 53.2 Å². The maximum atomic E-state index is 13.2. The van der Waals surface area contributed by atoms with Gasteiger partial charge in [0.15, 0.2) is 28.9 Å². The second kappa shape index (κ2) is 35.0. The van der Waals surface area contributed by atoms with Crippen LogP contribution in [0.5, 0.6) is 46.0 Å². The fourth-order valence-corrected chi connectivity index (χ4v) is 9.28. The van der Waals surface area contributed by atoms with E-state index in [-0.39, 0.29) is 71.7 Å². The van der Waals surface area contributed by atoms with Crippen LogP contribution in [0.1, 0.15) is 111 Å². The van der Waals surface area contributed by atoms with Crippen molar-refractivity contribution in [3.05, 3.63) is 304 Å². The Bertz CT molecular complexity index is 4780. The molecule has 0 amide bonds. The summed E-state index contributed by atoms with van der Waals surface area (Å²) in [7, 11) is 0. The summed E-state index contributed by atoms with van der Waals surface area (Å²) in [5.41, 5.74) is 9.72. The van der Waals surface area contributed by atoms with Gasteiger partial charge in [-0.2, -0.15) is 0 Å². The number of ether oxygens (including phenoxy) is 4. The number of Topliss-reactive ketones (excluding diaryl/α,β-unsaturated/α-hetero) is 4. The zero-order valence-electron chi connectivity index (χ0n) is 54.8. The van der Waals surface area contributed by atoms with Crippen molar-refractivity contribution < 1.29 is 46.9 Å². The standard InChI is InChI=1S/2C19H16FN3O2.C19H18N4O2.C18H14ClN3O2/c1-12-3-4-15(22-9-12)7-19(24)18-8-16(5-13(2)23-18)25-17-6-14(20)10-21-11-17;1-12-4-3-5-15(22-12)8-19(24)18-9-16(6-13(2)23-18)25-17-7-14(20)10-21-11-17;1-3-14-6-16(25-17-10-20-12-21-11-17)8-18(23-14)19(24)7-15-5-4-13(2)9-22-15;1-12-6-15(24-16-7-13(19)10-20-11-16)9-17(22-12)18(23)8-14-4-2-3-5-21-14/h3-6,8-11H,7H2,1-2H3;3-7,9-11H,8H2,1-2H3;4-6,8-12H,3,7H2,1-2H3;2-7,9-11H,8H2,1H3. The van der Waals surface area contributed by atoms with Gasteiger partial charge in [-0.05, 0) is 95.5 Å². The van der Waals surface area contributed by atoms with Crippen LogP contribution >= 0.6 is 11.6 Å². The quantitative estimate of drug-likeness (QED) is 0.0605. The van der Waals surface area contributed by atoms with Crippen LogP contribution in [0.2, 0.25) is 5.02 Å². The van der Waals surface area contributed by atoms with E-state index in [4.69, 9.17) is 30.5 Å². The summed E-state index contributed by atoms with van der Waals surface area (Å²) in [5, 5.41) is 0.477. The molecule has 0 atom stereocenters. The zero-order chi connectivity index (χ0) is 70.2. The molecule has 21 nitrogen and oxygen atoms in total. The normalized spacial score (nSPS) is 10.5. The van der Waals surface area contributed by atoms with Gasteiger partial charge < -0.3 is 18.9 Å². The summed E-state index contributed by atoms with van der Waals surface area (Å²) in [4.78, 5) is 104. The number of carbonyl (C=O) groups excluding carboxylic acids is 4. The summed E-state index contributed by atoms with van der Waals surface area (Å²) < 4.78 is 49.1. The van der Waals surface area contributed by atoms with Crippen LogP contribution in [0.4, 0.5) is 8.78 Å². The maximum absolute atomic E-state index is 13.2. The Balaban J connectivity index is 0.000000154. The predicted octanol–water partition coefficient (Wildman–Crippen LogP) is 15.1. The van der Waals surface area contributed by atoms with Crippen molar-refractivity contribution in [1.82, 2.24) is 64.8 Å². The highest BCUT2D eigenvalue weighted by atomic mass is 35.5. The Morgan fingerprint density at radius 3 is 1.19 bits per heavy atom. The molecule has 0 radical (unpaired) electrons. The van der Waals surface area contributed by atoms with Crippen LogP contribution in [0.15, 0.2) is 202 Å². The molecule has 0 aliphatic heterocycles. The van der Waals surface area contributed by atoms with Gasteiger partial charge in [0.1, 0.15) is 81.0 Å². The van der Waals surface area contributed by atoms with Crippen molar-refractivity contribution in [2.75, 3.05) is 0 Å². The summed E-state index contributed by atoms with van der Waals surface area (Å²) in [6.07, 6.45) is 19.1. The molecule has 24 heteroatoms. The van der Waals surface area contributed by atoms with Crippen molar-refractivity contribution in [3.63, 3.8) is 0 Å². The molecule has 12 aromatic rings. The first-order valence-electron chi connectivity index (χ1n) is 30.8. The lowest BCUT2D eigenvalue weighted by molar-refractivity contribution is 0.0978. The van der Waals surface area contributed by atoms with Crippen molar-refractivity contribution in [1.29, 1.82) is 0 Å². The molecule has 0 aliphatic rings. The topological polar surface area (TPSA) is 273 Å². The number of rotatable bonds is 21. The molecule has 0 N–H and O–H groups in total. The Kier molecular flexibility index (Phi) is 25.1. The molecular formula is C75H64ClF2N13O8. The molecule has 0 aromatic carbocycles. The molecule has 0 bridgehead atoms. The number of carbonyl (C=O) groups is 4. The van der Waals surface area contributed by atoms with E-state index in [1.54, 1.807) is 100 Å². The fraction of sp³-hybridized carbons (Fsp3) is 0.160. The van der Waals surface area contributed by atoms with Gasteiger partial charge >= 0.3 is 0 Å². The minimum absolute atomic E-state index is 0.0965. The minimum atomic E-state index is -0.495. The summed E-state index contributed by atoms with van der Waals surface area (Å²) >= 11 is 5.90. The Morgan fingerprint density at radius 2 is 0.768 bits per heavy atom. The Labute approximate surface area is 574 Å². The highest BCUT2D eigenvalue weighted by Crippen LogP contribution is 2.28. The molecule has 99 heavy (non-hydrogen) atoms. The molecule has 0 aliphatic carbocycles. The minimum Gasteiger partial charge on any atom is -0.456 e. The molecule has 498 valence electrons. The van der Waals surface area contributed by atoms with Gasteiger partial charge in [0.2, 0.25) is 0 Å². The molecule has 12 rings (SSSR count). The highest BCUT2D eigenvalue weighted by Gasteiger charge is 2.18. The molecule has 0 saturated heterocycles. The van der Waals surface area contributed by atoms with Gasteiger partial charge in [-0.25, -0.2) is 38.7 Å². The summed E-state index contributed by atoms with van der Waals surface area (Å²) in [6.45, 7) is 13.1. The van der Waals surface area contributed by atoms with Crippen LogP contribution < -0.4 is 18.9 Å². The lowest BCUT2D eigenvalue weighted by Crippen LogP contribution is -2.09. The number of pyridine rings is 11. The van der Waals surface area contributed by atoms with E-state index >= 15 is 0 Å². The highest BCUT2D eigenvalue weighted by molar-refractivity contribution is 6.30. The largest absolute Gasteiger partial charge is 0.456 e. The first-order chi connectivity index (χ1) is 47.7. The fourth-order valence-electron chi connectivity index (χ4n) is 9.11. The Morgan fingerprint density at radius 1 is 0.354 bits per heavy atom. The third-order valence-corrected chi connectivity index (χ3v) is 13.8. The van der Waals surface area contributed by atoms with Gasteiger partial charge in [-0.3, -0.25) is 54.1 Å². The SMILES string of the molecule is CCc1cc(Oc2cncnc2)cc(C(=O)Cc2ccc(C)cn2)n1.Cc1cc(Oc2cncc(Cl)c2)cc(C(=O)Cc2ccccn2)n1.Cc1ccc(CC(=O)c2cc(Oc3cncc(F)c3)cc(C)n2)nc1.Cc1cccc(CC(=O)c2cc(Oc3cncc(F)c3)cc(C)n2)n1. The molecule has 0 unspecified atom stereocenters. The Hall–Kier alpha value is -12.2. The smallest absolute Gasteiger partial charge is 0.187 e. The molecule has 0 spiro atoms. The number of aromatic nitrogens is 13. The van der Waals surface area contributed by atoms with Crippen molar-refractivity contribution in [2.24, 2.45) is 0 Å². The molecule has 0 saturated carbocycles. The van der Waals surface area contributed by atoms with Crippen molar-refractivity contribution in [3.8, 4) is 46.0 Å². The summed E-state index contributed by atoms with van der Waals surface area (Å²) in [6, 6.07) is 35.9. The number of aryl methyl sites for hydroxylation is 7. The second-order valence-electron chi connectivity index (χ2n) is 22.2.